The number of amides is 2. The molecule has 0 saturated carbocycles. The number of nitriles is 1. The molecule has 2 aromatic rings. The van der Waals surface area contributed by atoms with E-state index in [4.69, 9.17) is 10.1 Å². The predicted octanol–water partition coefficient (Wildman–Crippen LogP) is 1.29. The molecule has 1 N–H and O–H groups in total. The van der Waals surface area contributed by atoms with Gasteiger partial charge in [-0.1, -0.05) is 0 Å². The largest absolute Gasteiger partial charge is 0.368 e. The fourth-order valence-corrected chi connectivity index (χ4v) is 3.20. The number of nitrogens with one attached hydrogen (secondary N) is 1. The lowest BCUT2D eigenvalue weighted by molar-refractivity contribution is -0.129. The molecule has 1 aliphatic rings. The average molecular weight is 409 g/mol. The monoisotopic (exact) mass is 409 g/mol. The number of anilines is 2. The van der Waals surface area contributed by atoms with E-state index in [9.17, 15) is 9.59 Å². The van der Waals surface area contributed by atoms with Crippen LogP contribution in [-0.2, 0) is 16.2 Å². The van der Waals surface area contributed by atoms with Crippen molar-refractivity contribution >= 4 is 24.0 Å². The van der Waals surface area contributed by atoms with Gasteiger partial charge in [-0.05, 0) is 36.8 Å². The molecule has 3 rings (SSSR count). The molecule has 0 spiro atoms. The fraction of sp³-hybridized carbons (Fsp3) is 0.350. The quantitative estimate of drug-likeness (QED) is 0.537. The Kier molecular flexibility index (Phi) is 7.13. The first-order valence-corrected chi connectivity index (χ1v) is 9.61. The maximum Gasteiger partial charge on any atom is 0.356 e. The summed E-state index contributed by atoms with van der Waals surface area (Å²) in [6, 6.07) is 8.71. The number of urea groups is 1. The van der Waals surface area contributed by atoms with Crippen molar-refractivity contribution in [2.24, 2.45) is 0 Å². The van der Waals surface area contributed by atoms with Crippen molar-refractivity contribution in [3.05, 3.63) is 47.9 Å². The van der Waals surface area contributed by atoms with E-state index in [1.54, 1.807) is 31.5 Å². The smallest absolute Gasteiger partial charge is 0.356 e. The lowest BCUT2D eigenvalue weighted by Crippen LogP contribution is -2.46. The highest BCUT2D eigenvalue weighted by molar-refractivity contribution is 5.89. The number of carbonyl (C=O) groups is 2. The van der Waals surface area contributed by atoms with Crippen molar-refractivity contribution in [3.8, 4) is 6.07 Å². The van der Waals surface area contributed by atoms with Gasteiger partial charge in [-0.25, -0.2) is 14.8 Å². The summed E-state index contributed by atoms with van der Waals surface area (Å²) in [6.45, 7) is 6.42. The summed E-state index contributed by atoms with van der Waals surface area (Å²) in [5.74, 6) is 0.243. The number of nitrogens with zero attached hydrogens (tertiary/aromatic N) is 6. The van der Waals surface area contributed by atoms with E-state index in [0.717, 1.165) is 42.5 Å². The molecule has 10 heteroatoms. The van der Waals surface area contributed by atoms with Crippen molar-refractivity contribution in [2.75, 3.05) is 42.7 Å². The van der Waals surface area contributed by atoms with Crippen LogP contribution in [0.25, 0.3) is 0 Å². The minimum absolute atomic E-state index is 0.195. The first-order chi connectivity index (χ1) is 14.6. The molecule has 1 aliphatic heterocycles. The van der Waals surface area contributed by atoms with E-state index < -0.39 is 6.03 Å². The molecular weight excluding hydrogens is 386 g/mol. The summed E-state index contributed by atoms with van der Waals surface area (Å²) in [5, 5.41) is 12.3. The predicted molar refractivity (Wildman–Crippen MR) is 109 cm³/mol. The van der Waals surface area contributed by atoms with Crippen LogP contribution in [0.15, 0.2) is 36.7 Å². The van der Waals surface area contributed by atoms with Crippen LogP contribution in [0.1, 0.15) is 18.2 Å². The first-order valence-electron chi connectivity index (χ1n) is 9.61. The van der Waals surface area contributed by atoms with Crippen molar-refractivity contribution in [3.63, 3.8) is 0 Å². The van der Waals surface area contributed by atoms with Gasteiger partial charge in [0.2, 0.25) is 0 Å². The molecule has 0 atom stereocenters. The first kappa shape index (κ1) is 21.0. The van der Waals surface area contributed by atoms with Gasteiger partial charge in [-0.2, -0.15) is 5.26 Å². The molecule has 0 unspecified atom stereocenters. The Bertz CT molecular complexity index is 905. The van der Waals surface area contributed by atoms with Gasteiger partial charge in [0.15, 0.2) is 5.82 Å². The summed E-state index contributed by atoms with van der Waals surface area (Å²) < 4.78 is 0. The highest BCUT2D eigenvalue weighted by atomic mass is 16.7. The second-order valence-electron chi connectivity index (χ2n) is 6.63. The summed E-state index contributed by atoms with van der Waals surface area (Å²) >= 11 is 0. The van der Waals surface area contributed by atoms with Crippen molar-refractivity contribution in [1.82, 2.24) is 20.2 Å². The lowest BCUT2D eigenvalue weighted by atomic mass is 10.2. The van der Waals surface area contributed by atoms with E-state index >= 15 is 0 Å². The third-order valence-electron chi connectivity index (χ3n) is 4.68. The van der Waals surface area contributed by atoms with Gasteiger partial charge in [-0.15, -0.1) is 5.06 Å². The Hall–Kier alpha value is -3.71. The minimum atomic E-state index is -0.557. The van der Waals surface area contributed by atoms with Gasteiger partial charge in [0.25, 0.3) is 0 Å². The summed E-state index contributed by atoms with van der Waals surface area (Å²) in [5.41, 5.74) is 2.37. The third kappa shape index (κ3) is 5.21. The van der Waals surface area contributed by atoms with Gasteiger partial charge in [0.05, 0.1) is 11.9 Å². The van der Waals surface area contributed by atoms with Crippen LogP contribution in [0.4, 0.5) is 16.3 Å². The maximum atomic E-state index is 12.1. The van der Waals surface area contributed by atoms with E-state index in [-0.39, 0.29) is 12.3 Å². The van der Waals surface area contributed by atoms with Crippen LogP contribution in [0.2, 0.25) is 0 Å². The summed E-state index contributed by atoms with van der Waals surface area (Å²) in [6.07, 6.45) is 3.32. The Morgan fingerprint density at radius 3 is 2.73 bits per heavy atom. The maximum absolute atomic E-state index is 12.1. The fourth-order valence-electron chi connectivity index (χ4n) is 3.20. The molecule has 2 aromatic heterocycles. The zero-order chi connectivity index (χ0) is 21.3. The van der Waals surface area contributed by atoms with E-state index in [0.29, 0.717) is 18.8 Å². The van der Waals surface area contributed by atoms with Crippen LogP contribution in [-0.4, -0.2) is 60.1 Å². The highest BCUT2D eigenvalue weighted by Crippen LogP contribution is 2.18. The molecule has 10 nitrogen and oxygen atoms in total. The number of hydroxylamine groups is 1. The molecular formula is C20H23N7O3. The molecule has 2 amide bonds. The number of piperazine rings is 1. The molecule has 1 saturated heterocycles. The van der Waals surface area contributed by atoms with Crippen molar-refractivity contribution < 1.29 is 14.4 Å². The standard InChI is InChI=1S/C20H23N7O3/c1-2-22-20(29)27(30-15-28)19-11-16(5-6-23-19)14-25-7-9-26(10-8-25)18-4-3-17(12-21)24-13-18/h3-6,11,13,15H,2,7-10,14H2,1H3,(H,22,29). The Morgan fingerprint density at radius 1 is 1.30 bits per heavy atom. The normalized spacial score (nSPS) is 13.9. The molecule has 0 radical (unpaired) electrons. The highest BCUT2D eigenvalue weighted by Gasteiger charge is 2.21. The Morgan fingerprint density at radius 2 is 2.10 bits per heavy atom. The Balaban J connectivity index is 1.60. The number of rotatable bonds is 7. The molecule has 0 aromatic carbocycles. The van der Waals surface area contributed by atoms with E-state index in [1.165, 1.54) is 0 Å². The van der Waals surface area contributed by atoms with Crippen LogP contribution in [0, 0.1) is 11.3 Å². The molecule has 30 heavy (non-hydrogen) atoms. The lowest BCUT2D eigenvalue weighted by Gasteiger charge is -2.36. The molecule has 3 heterocycles. The van der Waals surface area contributed by atoms with E-state index in [2.05, 4.69) is 25.1 Å². The van der Waals surface area contributed by atoms with Gasteiger partial charge in [0, 0.05) is 45.5 Å². The van der Waals surface area contributed by atoms with E-state index in [1.807, 2.05) is 18.2 Å². The number of hydrogen-bond donors (Lipinski definition) is 1. The zero-order valence-corrected chi connectivity index (χ0v) is 16.7. The van der Waals surface area contributed by atoms with Crippen LogP contribution in [0.3, 0.4) is 0 Å². The minimum Gasteiger partial charge on any atom is -0.368 e. The van der Waals surface area contributed by atoms with Crippen LogP contribution < -0.4 is 15.3 Å². The number of pyridine rings is 2. The van der Waals surface area contributed by atoms with Crippen molar-refractivity contribution in [2.45, 2.75) is 13.5 Å². The van der Waals surface area contributed by atoms with Gasteiger partial charge in [0.1, 0.15) is 11.8 Å². The SMILES string of the molecule is CCNC(=O)N(OC=O)c1cc(CN2CCN(c3ccc(C#N)nc3)CC2)ccn1. The zero-order valence-electron chi connectivity index (χ0n) is 16.7. The molecule has 156 valence electrons. The summed E-state index contributed by atoms with van der Waals surface area (Å²) in [4.78, 5) is 40.5. The average Bonchev–Trinajstić information content (AvgIpc) is 2.78. The van der Waals surface area contributed by atoms with Crippen LogP contribution in [0.5, 0.6) is 0 Å². The number of carbonyl (C=O) groups excluding carboxylic acids is 2. The topological polar surface area (TPSA) is 115 Å². The number of hydrogen-bond acceptors (Lipinski definition) is 8. The molecule has 0 bridgehead atoms. The summed E-state index contributed by atoms with van der Waals surface area (Å²) in [7, 11) is 0. The molecule has 1 fully saturated rings. The third-order valence-corrected chi connectivity index (χ3v) is 4.68. The molecule has 0 aliphatic carbocycles. The number of aromatic nitrogens is 2. The van der Waals surface area contributed by atoms with Crippen molar-refractivity contribution in [1.29, 1.82) is 5.26 Å². The Labute approximate surface area is 174 Å². The van der Waals surface area contributed by atoms with Crippen LogP contribution >= 0.6 is 0 Å². The van der Waals surface area contributed by atoms with Gasteiger partial charge < -0.3 is 15.1 Å². The second-order valence-corrected chi connectivity index (χ2v) is 6.63. The van der Waals surface area contributed by atoms with Gasteiger partial charge >= 0.3 is 12.5 Å². The second kappa shape index (κ2) is 10.2. The van der Waals surface area contributed by atoms with Gasteiger partial charge in [-0.3, -0.25) is 9.69 Å².